The molecule has 4 heteroatoms. The lowest BCUT2D eigenvalue weighted by Gasteiger charge is -2.04. The number of aromatic nitrogens is 1. The second kappa shape index (κ2) is 4.74. The number of nitrogens with zero attached hydrogens (tertiary/aromatic N) is 1. The zero-order chi connectivity index (χ0) is 12.3. The van der Waals surface area contributed by atoms with E-state index in [0.29, 0.717) is 16.7 Å². The van der Waals surface area contributed by atoms with Crippen LogP contribution in [-0.4, -0.2) is 10.9 Å². The fourth-order valence-electron chi connectivity index (χ4n) is 1.56. The molecule has 0 aliphatic rings. The summed E-state index contributed by atoms with van der Waals surface area (Å²) in [7, 11) is 0. The molecule has 85 valence electrons. The van der Waals surface area contributed by atoms with Gasteiger partial charge in [-0.2, -0.15) is 4.39 Å². The zero-order valence-corrected chi connectivity index (χ0v) is 8.93. The minimum atomic E-state index is -0.538. The Balaban J connectivity index is 2.40. The summed E-state index contributed by atoms with van der Waals surface area (Å²) in [4.78, 5) is 14.3. The second-order valence-electron chi connectivity index (χ2n) is 3.51. The molecule has 1 heterocycles. The van der Waals surface area contributed by atoms with E-state index in [-0.39, 0.29) is 0 Å². The molecule has 0 bridgehead atoms. The Hall–Kier alpha value is -2.23. The molecule has 1 radical (unpaired) electrons. The topological polar surface area (TPSA) is 56.0 Å². The van der Waals surface area contributed by atoms with Crippen LogP contribution in [0.5, 0.6) is 0 Å². The normalized spacial score (nSPS) is 10.2. The molecule has 0 aliphatic heterocycles. The lowest BCUT2D eigenvalue weighted by Crippen LogP contribution is -2.11. The van der Waals surface area contributed by atoms with E-state index in [0.717, 1.165) is 0 Å². The Kier molecular flexibility index (Phi) is 3.14. The molecule has 2 N–H and O–H groups in total. The van der Waals surface area contributed by atoms with Gasteiger partial charge in [-0.1, -0.05) is 24.3 Å². The summed E-state index contributed by atoms with van der Waals surface area (Å²) in [6, 6.07) is 10.2. The van der Waals surface area contributed by atoms with Crippen LogP contribution in [0.1, 0.15) is 5.56 Å². The maximum absolute atomic E-state index is 13.5. The van der Waals surface area contributed by atoms with Gasteiger partial charge in [-0.25, -0.2) is 4.98 Å². The molecular weight excluding hydrogens is 219 g/mol. The second-order valence-corrected chi connectivity index (χ2v) is 3.51. The molecule has 2 aromatic rings. The average molecular weight is 229 g/mol. The van der Waals surface area contributed by atoms with E-state index in [1.54, 1.807) is 36.4 Å². The van der Waals surface area contributed by atoms with Crippen molar-refractivity contribution in [2.75, 3.05) is 0 Å². The summed E-state index contributed by atoms with van der Waals surface area (Å²) in [5, 5.41) is 0. The molecule has 1 amide bonds. The lowest BCUT2D eigenvalue weighted by molar-refractivity contribution is -0.114. The number of hydrogen-bond donors (Lipinski definition) is 1. The van der Waals surface area contributed by atoms with Gasteiger partial charge in [0.05, 0.1) is 6.42 Å². The first-order valence-electron chi connectivity index (χ1n) is 5.02. The number of carbonyl (C=O) groups excluding carboxylic acids is 1. The summed E-state index contributed by atoms with van der Waals surface area (Å²) in [6.45, 7) is 0. The summed E-state index contributed by atoms with van der Waals surface area (Å²) >= 11 is 0. The van der Waals surface area contributed by atoms with E-state index in [9.17, 15) is 9.18 Å². The monoisotopic (exact) mass is 229 g/mol. The molecular formula is C13H10FN2O. The van der Waals surface area contributed by atoms with E-state index < -0.39 is 11.9 Å². The average Bonchev–Trinajstić information content (AvgIpc) is 2.29. The Labute approximate surface area is 98.1 Å². The van der Waals surface area contributed by atoms with Gasteiger partial charge >= 0.3 is 0 Å². The summed E-state index contributed by atoms with van der Waals surface area (Å²) in [6.07, 6.45) is 2.68. The first-order chi connectivity index (χ1) is 8.16. The summed E-state index contributed by atoms with van der Waals surface area (Å²) < 4.78 is 13.5. The number of benzene rings is 1. The number of halogens is 1. The van der Waals surface area contributed by atoms with Gasteiger partial charge in [0, 0.05) is 11.8 Å². The van der Waals surface area contributed by atoms with Crippen molar-refractivity contribution in [3.05, 3.63) is 60.5 Å². The van der Waals surface area contributed by atoms with Crippen molar-refractivity contribution in [3.8, 4) is 11.1 Å². The van der Waals surface area contributed by atoms with E-state index >= 15 is 0 Å². The van der Waals surface area contributed by atoms with Crippen LogP contribution in [0.3, 0.4) is 0 Å². The van der Waals surface area contributed by atoms with E-state index in [2.05, 4.69) is 4.98 Å². The van der Waals surface area contributed by atoms with Crippen LogP contribution < -0.4 is 5.73 Å². The number of pyridine rings is 1. The SMILES string of the molecule is NC(=O)[CH]c1cccc(-c2cccnc2F)c1. The van der Waals surface area contributed by atoms with Crippen molar-refractivity contribution in [2.45, 2.75) is 0 Å². The third-order valence-corrected chi connectivity index (χ3v) is 2.27. The highest BCUT2D eigenvalue weighted by atomic mass is 19.1. The Morgan fingerprint density at radius 1 is 1.29 bits per heavy atom. The first kappa shape index (κ1) is 11.3. The molecule has 0 saturated carbocycles. The standard InChI is InChI=1S/C13H10FN2O/c14-13-11(5-2-6-16-13)10-4-1-3-9(7-10)8-12(15)17/h1-8H,(H2,15,17). The highest BCUT2D eigenvalue weighted by Crippen LogP contribution is 2.22. The molecule has 0 spiro atoms. The maximum atomic E-state index is 13.5. The fraction of sp³-hybridized carbons (Fsp3) is 0. The third kappa shape index (κ3) is 2.66. The molecule has 2 rings (SSSR count). The number of rotatable bonds is 3. The maximum Gasteiger partial charge on any atom is 0.226 e. The van der Waals surface area contributed by atoms with Gasteiger partial charge < -0.3 is 5.73 Å². The van der Waals surface area contributed by atoms with Gasteiger partial charge in [-0.3, -0.25) is 4.79 Å². The van der Waals surface area contributed by atoms with E-state index in [1.165, 1.54) is 12.6 Å². The molecule has 0 saturated heterocycles. The molecule has 0 fully saturated rings. The smallest absolute Gasteiger partial charge is 0.226 e. The minimum Gasteiger partial charge on any atom is -0.369 e. The quantitative estimate of drug-likeness (QED) is 0.817. The van der Waals surface area contributed by atoms with Crippen LogP contribution >= 0.6 is 0 Å². The van der Waals surface area contributed by atoms with Crippen LogP contribution in [0, 0.1) is 12.4 Å². The van der Waals surface area contributed by atoms with Gasteiger partial charge in [0.2, 0.25) is 11.9 Å². The van der Waals surface area contributed by atoms with Crippen molar-refractivity contribution in [1.82, 2.24) is 4.98 Å². The Bertz CT molecular complexity index is 555. The van der Waals surface area contributed by atoms with Gasteiger partial charge in [0.25, 0.3) is 0 Å². The summed E-state index contributed by atoms with van der Waals surface area (Å²) in [5.74, 6) is -1.07. The molecule has 0 atom stereocenters. The molecule has 17 heavy (non-hydrogen) atoms. The van der Waals surface area contributed by atoms with Crippen LogP contribution in [-0.2, 0) is 4.79 Å². The number of hydrogen-bond acceptors (Lipinski definition) is 2. The van der Waals surface area contributed by atoms with E-state index in [1.807, 2.05) is 0 Å². The van der Waals surface area contributed by atoms with E-state index in [4.69, 9.17) is 5.73 Å². The van der Waals surface area contributed by atoms with Crippen molar-refractivity contribution < 1.29 is 9.18 Å². The molecule has 1 aromatic carbocycles. The van der Waals surface area contributed by atoms with Crippen LogP contribution in [0.25, 0.3) is 11.1 Å². The Morgan fingerprint density at radius 2 is 2.12 bits per heavy atom. The fourth-order valence-corrected chi connectivity index (χ4v) is 1.56. The highest BCUT2D eigenvalue weighted by molar-refractivity contribution is 5.87. The molecule has 3 nitrogen and oxygen atoms in total. The largest absolute Gasteiger partial charge is 0.369 e. The van der Waals surface area contributed by atoms with Gasteiger partial charge in [-0.15, -0.1) is 0 Å². The van der Waals surface area contributed by atoms with Crippen molar-refractivity contribution in [1.29, 1.82) is 0 Å². The molecule has 0 unspecified atom stereocenters. The van der Waals surface area contributed by atoms with Gasteiger partial charge in [0.15, 0.2) is 0 Å². The molecule has 0 aliphatic carbocycles. The lowest BCUT2D eigenvalue weighted by atomic mass is 10.0. The van der Waals surface area contributed by atoms with Crippen molar-refractivity contribution in [2.24, 2.45) is 5.73 Å². The predicted molar refractivity (Wildman–Crippen MR) is 62.2 cm³/mol. The number of nitrogens with two attached hydrogens (primary N) is 1. The number of carbonyl (C=O) groups is 1. The Morgan fingerprint density at radius 3 is 2.82 bits per heavy atom. The highest BCUT2D eigenvalue weighted by Gasteiger charge is 2.06. The number of primary amides is 1. The van der Waals surface area contributed by atoms with Crippen LogP contribution in [0.15, 0.2) is 42.6 Å². The first-order valence-corrected chi connectivity index (χ1v) is 5.02. The van der Waals surface area contributed by atoms with Crippen LogP contribution in [0.4, 0.5) is 4.39 Å². The van der Waals surface area contributed by atoms with Gasteiger partial charge in [-0.05, 0) is 23.3 Å². The minimum absolute atomic E-state index is 0.396. The van der Waals surface area contributed by atoms with Crippen molar-refractivity contribution >= 4 is 5.91 Å². The van der Waals surface area contributed by atoms with Crippen LogP contribution in [0.2, 0.25) is 0 Å². The number of amides is 1. The summed E-state index contributed by atoms with van der Waals surface area (Å²) in [5.41, 5.74) is 6.75. The predicted octanol–water partition coefficient (Wildman–Crippen LogP) is 1.93. The van der Waals surface area contributed by atoms with Crippen molar-refractivity contribution in [3.63, 3.8) is 0 Å². The zero-order valence-electron chi connectivity index (χ0n) is 8.93. The third-order valence-electron chi connectivity index (χ3n) is 2.27. The molecule has 1 aromatic heterocycles. The van der Waals surface area contributed by atoms with Gasteiger partial charge in [0.1, 0.15) is 0 Å².